The van der Waals surface area contributed by atoms with Crippen LogP contribution in [-0.4, -0.2) is 11.6 Å². The SMILES string of the molecule is CCCCCCCCCC(C(=O)CC(C)=O)c1ccccc1. The van der Waals surface area contributed by atoms with Gasteiger partial charge >= 0.3 is 0 Å². The largest absolute Gasteiger partial charge is 0.300 e. The Morgan fingerprint density at radius 3 is 2.09 bits per heavy atom. The van der Waals surface area contributed by atoms with E-state index in [0.717, 1.165) is 18.4 Å². The van der Waals surface area contributed by atoms with Gasteiger partial charge in [-0.15, -0.1) is 0 Å². The quantitative estimate of drug-likeness (QED) is 0.379. The van der Waals surface area contributed by atoms with Crippen molar-refractivity contribution in [1.82, 2.24) is 0 Å². The molecule has 1 unspecified atom stereocenters. The van der Waals surface area contributed by atoms with Gasteiger partial charge in [0.1, 0.15) is 11.6 Å². The third kappa shape index (κ3) is 7.53. The van der Waals surface area contributed by atoms with Gasteiger partial charge in [-0.3, -0.25) is 9.59 Å². The number of unbranched alkanes of at least 4 members (excludes halogenated alkanes) is 6. The van der Waals surface area contributed by atoms with Gasteiger partial charge in [0.05, 0.1) is 6.42 Å². The van der Waals surface area contributed by atoms with Crippen molar-refractivity contribution in [3.63, 3.8) is 0 Å². The summed E-state index contributed by atoms with van der Waals surface area (Å²) in [6, 6.07) is 9.90. The maximum Gasteiger partial charge on any atom is 0.147 e. The molecular weight excluding hydrogens is 272 g/mol. The lowest BCUT2D eigenvalue weighted by molar-refractivity contribution is -0.126. The van der Waals surface area contributed by atoms with Crippen LogP contribution in [0.1, 0.15) is 83.1 Å². The van der Waals surface area contributed by atoms with E-state index in [1.165, 1.54) is 45.4 Å². The van der Waals surface area contributed by atoms with Gasteiger partial charge < -0.3 is 0 Å². The van der Waals surface area contributed by atoms with E-state index in [1.54, 1.807) is 0 Å². The molecule has 0 aliphatic heterocycles. The van der Waals surface area contributed by atoms with Crippen LogP contribution in [0, 0.1) is 0 Å². The van der Waals surface area contributed by atoms with Crippen molar-refractivity contribution in [1.29, 1.82) is 0 Å². The molecule has 2 heteroatoms. The third-order valence-corrected chi connectivity index (χ3v) is 4.11. The second-order valence-electron chi connectivity index (χ2n) is 6.22. The highest BCUT2D eigenvalue weighted by atomic mass is 16.1. The van der Waals surface area contributed by atoms with Crippen LogP contribution in [0.25, 0.3) is 0 Å². The zero-order valence-corrected chi connectivity index (χ0v) is 14.1. The number of hydrogen-bond acceptors (Lipinski definition) is 2. The Balaban J connectivity index is 2.46. The highest BCUT2D eigenvalue weighted by molar-refractivity contribution is 6.01. The molecule has 0 fully saturated rings. The molecule has 0 amide bonds. The summed E-state index contributed by atoms with van der Waals surface area (Å²) in [7, 11) is 0. The third-order valence-electron chi connectivity index (χ3n) is 4.11. The minimum absolute atomic E-state index is 0.0366. The maximum atomic E-state index is 12.3. The van der Waals surface area contributed by atoms with E-state index >= 15 is 0 Å². The molecule has 0 aromatic heterocycles. The summed E-state index contributed by atoms with van der Waals surface area (Å²) >= 11 is 0. The highest BCUT2D eigenvalue weighted by Crippen LogP contribution is 2.25. The number of benzene rings is 1. The summed E-state index contributed by atoms with van der Waals surface area (Å²) in [6.45, 7) is 3.72. The van der Waals surface area contributed by atoms with Gasteiger partial charge in [-0.2, -0.15) is 0 Å². The second kappa shape index (κ2) is 11.2. The molecule has 1 atom stereocenters. The summed E-state index contributed by atoms with van der Waals surface area (Å²) in [6.07, 6.45) is 9.64. The number of ketones is 2. The summed E-state index contributed by atoms with van der Waals surface area (Å²) in [5.74, 6) is -0.0732. The van der Waals surface area contributed by atoms with Crippen LogP contribution in [0.15, 0.2) is 30.3 Å². The molecule has 0 aliphatic carbocycles. The summed E-state index contributed by atoms with van der Waals surface area (Å²) in [5, 5.41) is 0. The van der Waals surface area contributed by atoms with Crippen LogP contribution < -0.4 is 0 Å². The number of rotatable bonds is 12. The molecule has 1 aromatic rings. The van der Waals surface area contributed by atoms with Crippen LogP contribution in [-0.2, 0) is 9.59 Å². The number of carbonyl (C=O) groups is 2. The lowest BCUT2D eigenvalue weighted by Gasteiger charge is -2.15. The number of hydrogen-bond donors (Lipinski definition) is 0. The number of Topliss-reactive ketones (excluding diaryl/α,β-unsaturated/α-hetero) is 2. The molecule has 0 heterocycles. The first-order chi connectivity index (χ1) is 10.6. The van der Waals surface area contributed by atoms with Crippen LogP contribution >= 0.6 is 0 Å². The lowest BCUT2D eigenvalue weighted by Crippen LogP contribution is -2.15. The molecule has 22 heavy (non-hydrogen) atoms. The van der Waals surface area contributed by atoms with Crippen LogP contribution in [0.4, 0.5) is 0 Å². The Morgan fingerprint density at radius 1 is 0.909 bits per heavy atom. The fourth-order valence-corrected chi connectivity index (χ4v) is 2.87. The normalized spacial score (nSPS) is 12.1. The molecule has 2 nitrogen and oxygen atoms in total. The van der Waals surface area contributed by atoms with Crippen LogP contribution in [0.5, 0.6) is 0 Å². The van der Waals surface area contributed by atoms with Gasteiger partial charge in [-0.05, 0) is 18.9 Å². The topological polar surface area (TPSA) is 34.1 Å². The Labute approximate surface area is 135 Å². The first kappa shape index (κ1) is 18.6. The smallest absolute Gasteiger partial charge is 0.147 e. The average molecular weight is 302 g/mol. The van der Waals surface area contributed by atoms with Crippen molar-refractivity contribution in [3.05, 3.63) is 35.9 Å². The molecule has 1 rings (SSSR count). The first-order valence-corrected chi connectivity index (χ1v) is 8.72. The van der Waals surface area contributed by atoms with Crippen molar-refractivity contribution >= 4 is 11.6 Å². The van der Waals surface area contributed by atoms with Crippen molar-refractivity contribution < 1.29 is 9.59 Å². The predicted octanol–water partition coefficient (Wildman–Crippen LogP) is 5.46. The van der Waals surface area contributed by atoms with E-state index in [9.17, 15) is 9.59 Å². The Kier molecular flexibility index (Phi) is 9.45. The molecular formula is C20H30O2. The fourth-order valence-electron chi connectivity index (χ4n) is 2.87. The molecule has 0 N–H and O–H groups in total. The van der Waals surface area contributed by atoms with Gasteiger partial charge in [0.2, 0.25) is 0 Å². The Morgan fingerprint density at radius 2 is 1.50 bits per heavy atom. The Hall–Kier alpha value is -1.44. The second-order valence-corrected chi connectivity index (χ2v) is 6.22. The monoisotopic (exact) mass is 302 g/mol. The molecule has 0 radical (unpaired) electrons. The van der Waals surface area contributed by atoms with Crippen LogP contribution in [0.3, 0.4) is 0 Å². The van der Waals surface area contributed by atoms with Crippen molar-refractivity contribution in [2.45, 2.75) is 77.6 Å². The summed E-state index contributed by atoms with van der Waals surface area (Å²) in [5.41, 5.74) is 1.06. The minimum atomic E-state index is -0.110. The average Bonchev–Trinajstić information content (AvgIpc) is 2.50. The summed E-state index contributed by atoms with van der Waals surface area (Å²) < 4.78 is 0. The van der Waals surface area contributed by atoms with Crippen molar-refractivity contribution in [3.8, 4) is 0 Å². The maximum absolute atomic E-state index is 12.3. The van der Waals surface area contributed by atoms with E-state index in [0.29, 0.717) is 0 Å². The van der Waals surface area contributed by atoms with Gasteiger partial charge in [0.15, 0.2) is 0 Å². The zero-order valence-electron chi connectivity index (χ0n) is 14.1. The lowest BCUT2D eigenvalue weighted by atomic mass is 9.87. The van der Waals surface area contributed by atoms with Crippen molar-refractivity contribution in [2.24, 2.45) is 0 Å². The fraction of sp³-hybridized carbons (Fsp3) is 0.600. The molecule has 1 aromatic carbocycles. The van der Waals surface area contributed by atoms with E-state index in [1.807, 2.05) is 30.3 Å². The van der Waals surface area contributed by atoms with Crippen molar-refractivity contribution in [2.75, 3.05) is 0 Å². The molecule has 0 spiro atoms. The number of carbonyl (C=O) groups excluding carboxylic acids is 2. The van der Waals surface area contributed by atoms with E-state index < -0.39 is 0 Å². The first-order valence-electron chi connectivity index (χ1n) is 8.72. The van der Waals surface area contributed by atoms with E-state index in [2.05, 4.69) is 6.92 Å². The molecule has 122 valence electrons. The van der Waals surface area contributed by atoms with E-state index in [4.69, 9.17) is 0 Å². The molecule has 0 bridgehead atoms. The van der Waals surface area contributed by atoms with Crippen LogP contribution in [0.2, 0.25) is 0 Å². The molecule has 0 saturated heterocycles. The summed E-state index contributed by atoms with van der Waals surface area (Å²) in [4.78, 5) is 23.6. The predicted molar refractivity (Wildman–Crippen MR) is 92.1 cm³/mol. The molecule has 0 saturated carbocycles. The zero-order chi connectivity index (χ0) is 16.2. The highest BCUT2D eigenvalue weighted by Gasteiger charge is 2.20. The van der Waals surface area contributed by atoms with Gasteiger partial charge in [0.25, 0.3) is 0 Å². The standard InChI is InChI=1S/C20H30O2/c1-3-4-5-6-7-8-12-15-19(20(22)16-17(2)21)18-13-10-9-11-14-18/h9-11,13-14,19H,3-8,12,15-16H2,1-2H3. The van der Waals surface area contributed by atoms with Gasteiger partial charge in [-0.25, -0.2) is 0 Å². The minimum Gasteiger partial charge on any atom is -0.300 e. The van der Waals surface area contributed by atoms with Gasteiger partial charge in [-0.1, -0.05) is 82.2 Å². The Bertz CT molecular complexity index is 436. The van der Waals surface area contributed by atoms with Gasteiger partial charge in [0, 0.05) is 5.92 Å². The van der Waals surface area contributed by atoms with E-state index in [-0.39, 0.29) is 23.9 Å². The molecule has 0 aliphatic rings.